The van der Waals surface area contributed by atoms with Crippen LogP contribution in [0.25, 0.3) is 0 Å². The normalized spacial score (nSPS) is 13.9. The molecule has 2 heterocycles. The smallest absolute Gasteiger partial charge is 0.286 e. The topological polar surface area (TPSA) is 104 Å². The Hall–Kier alpha value is -3.73. The van der Waals surface area contributed by atoms with Gasteiger partial charge < -0.3 is 15.5 Å². The molecule has 2 N–H and O–H groups in total. The number of nitrogens with one attached hydrogen (secondary N) is 2. The predicted molar refractivity (Wildman–Crippen MR) is 126 cm³/mol. The Labute approximate surface area is 204 Å². The van der Waals surface area contributed by atoms with E-state index in [0.717, 1.165) is 11.3 Å². The third kappa shape index (κ3) is 6.44. The number of aromatic nitrogens is 2. The molecule has 2 aromatic carbocycles. The van der Waals surface area contributed by atoms with Crippen molar-refractivity contribution in [3.8, 4) is 0 Å². The molecule has 0 radical (unpaired) electrons. The minimum Gasteiger partial charge on any atom is -0.352 e. The van der Waals surface area contributed by atoms with Crippen LogP contribution in [0.3, 0.4) is 0 Å². The molecule has 0 atom stereocenters. The summed E-state index contributed by atoms with van der Waals surface area (Å²) in [5, 5.41) is 13.1. The number of amides is 3. The predicted octanol–water partition coefficient (Wildman–Crippen LogP) is 3.63. The van der Waals surface area contributed by atoms with E-state index in [9.17, 15) is 23.2 Å². The van der Waals surface area contributed by atoms with E-state index < -0.39 is 11.7 Å². The van der Waals surface area contributed by atoms with Gasteiger partial charge in [0.1, 0.15) is 11.6 Å². The van der Waals surface area contributed by atoms with E-state index in [1.165, 1.54) is 30.3 Å². The molecule has 1 aromatic heterocycles. The highest BCUT2D eigenvalue weighted by Crippen LogP contribution is 2.23. The summed E-state index contributed by atoms with van der Waals surface area (Å²) in [6.07, 6.45) is 1.61. The van der Waals surface area contributed by atoms with Crippen molar-refractivity contribution >= 4 is 34.7 Å². The lowest BCUT2D eigenvalue weighted by molar-refractivity contribution is -0.122. The average molecular weight is 500 g/mol. The van der Waals surface area contributed by atoms with Gasteiger partial charge in [-0.1, -0.05) is 29.5 Å². The molecule has 4 rings (SSSR count). The molecule has 0 unspecified atom stereocenters. The number of nitrogens with zero attached hydrogens (tertiary/aromatic N) is 3. The molecule has 11 heteroatoms. The highest BCUT2D eigenvalue weighted by molar-refractivity contribution is 7.15. The van der Waals surface area contributed by atoms with Crippen molar-refractivity contribution < 1.29 is 23.2 Å². The standard InChI is InChI=1S/C24H23F2N5O3S/c25-17-5-7-18(8-6-17)28-21(33)22-29-30-23(35-22)24(34)31-11-9-15(10-12-31)13-20(32)27-14-16-3-1-2-4-19(16)26/h1-8,15H,9-14H2,(H,27,32)(H,28,33). The molecule has 0 spiro atoms. The van der Waals surface area contributed by atoms with Crippen LogP contribution in [-0.2, 0) is 11.3 Å². The van der Waals surface area contributed by atoms with Crippen LogP contribution < -0.4 is 10.6 Å². The van der Waals surface area contributed by atoms with Crippen molar-refractivity contribution in [2.75, 3.05) is 18.4 Å². The first-order chi connectivity index (χ1) is 16.9. The number of benzene rings is 2. The first-order valence-corrected chi connectivity index (χ1v) is 11.9. The molecule has 3 aromatic rings. The summed E-state index contributed by atoms with van der Waals surface area (Å²) in [4.78, 5) is 39.0. The first kappa shape index (κ1) is 24.4. The van der Waals surface area contributed by atoms with Crippen molar-refractivity contribution in [2.24, 2.45) is 5.92 Å². The Morgan fingerprint density at radius 3 is 2.37 bits per heavy atom. The molecule has 1 saturated heterocycles. The number of hydrogen-bond acceptors (Lipinski definition) is 6. The molecule has 8 nitrogen and oxygen atoms in total. The number of piperidine rings is 1. The van der Waals surface area contributed by atoms with Crippen molar-refractivity contribution in [1.29, 1.82) is 0 Å². The van der Waals surface area contributed by atoms with Crippen LogP contribution in [0.4, 0.5) is 14.5 Å². The molecule has 1 fully saturated rings. The van der Waals surface area contributed by atoms with Gasteiger partial charge in [-0.3, -0.25) is 14.4 Å². The van der Waals surface area contributed by atoms with E-state index in [4.69, 9.17) is 0 Å². The Morgan fingerprint density at radius 1 is 0.971 bits per heavy atom. The molecule has 0 aliphatic carbocycles. The zero-order chi connectivity index (χ0) is 24.8. The van der Waals surface area contributed by atoms with Crippen LogP contribution in [0.2, 0.25) is 0 Å². The molecular formula is C24H23F2N5O3S. The van der Waals surface area contributed by atoms with Crippen molar-refractivity contribution in [1.82, 2.24) is 20.4 Å². The molecular weight excluding hydrogens is 476 g/mol. The average Bonchev–Trinajstić information content (AvgIpc) is 3.36. The van der Waals surface area contributed by atoms with Gasteiger partial charge in [0, 0.05) is 37.3 Å². The zero-order valence-corrected chi connectivity index (χ0v) is 19.5. The summed E-state index contributed by atoms with van der Waals surface area (Å²) in [6.45, 7) is 1.05. The van der Waals surface area contributed by atoms with Gasteiger partial charge >= 0.3 is 0 Å². The summed E-state index contributed by atoms with van der Waals surface area (Å²) in [6, 6.07) is 11.6. The Balaban J connectivity index is 1.23. The molecule has 1 aliphatic rings. The number of rotatable bonds is 7. The molecule has 182 valence electrons. The van der Waals surface area contributed by atoms with Gasteiger partial charge in [0.25, 0.3) is 11.8 Å². The molecule has 1 aliphatic heterocycles. The second kappa shape index (κ2) is 11.1. The fourth-order valence-corrected chi connectivity index (χ4v) is 4.47. The van der Waals surface area contributed by atoms with E-state index in [2.05, 4.69) is 20.8 Å². The molecule has 3 amide bonds. The van der Waals surface area contributed by atoms with Crippen LogP contribution >= 0.6 is 11.3 Å². The van der Waals surface area contributed by atoms with Gasteiger partial charge in [-0.15, -0.1) is 10.2 Å². The number of anilines is 1. The molecule has 0 saturated carbocycles. The number of carbonyl (C=O) groups is 3. The van der Waals surface area contributed by atoms with Crippen LogP contribution in [0.5, 0.6) is 0 Å². The van der Waals surface area contributed by atoms with Gasteiger partial charge in [-0.25, -0.2) is 8.78 Å². The second-order valence-corrected chi connectivity index (χ2v) is 9.16. The zero-order valence-electron chi connectivity index (χ0n) is 18.7. The minimum atomic E-state index is -0.534. The minimum absolute atomic E-state index is 0.0269. The summed E-state index contributed by atoms with van der Waals surface area (Å²) >= 11 is 0.888. The lowest BCUT2D eigenvalue weighted by Crippen LogP contribution is -2.39. The summed E-state index contributed by atoms with van der Waals surface area (Å²) in [5.74, 6) is -1.66. The third-order valence-corrected chi connectivity index (χ3v) is 6.62. The van der Waals surface area contributed by atoms with Gasteiger partial charge in [0.05, 0.1) is 0 Å². The highest BCUT2D eigenvalue weighted by Gasteiger charge is 2.28. The van der Waals surface area contributed by atoms with E-state index in [0.29, 0.717) is 43.6 Å². The van der Waals surface area contributed by atoms with Gasteiger partial charge in [0.2, 0.25) is 15.9 Å². The first-order valence-electron chi connectivity index (χ1n) is 11.1. The van der Waals surface area contributed by atoms with Gasteiger partial charge in [0.15, 0.2) is 0 Å². The maximum atomic E-state index is 13.7. The SMILES string of the molecule is O=C(CC1CCN(C(=O)c2nnc(C(=O)Nc3ccc(F)cc3)s2)CC1)NCc1ccccc1F. The Kier molecular flexibility index (Phi) is 7.76. The Bertz CT molecular complexity index is 1210. The third-order valence-electron chi connectivity index (χ3n) is 5.71. The molecule has 35 heavy (non-hydrogen) atoms. The quantitative estimate of drug-likeness (QED) is 0.517. The van der Waals surface area contributed by atoms with Crippen molar-refractivity contribution in [3.05, 3.63) is 75.7 Å². The van der Waals surface area contributed by atoms with Crippen LogP contribution in [0, 0.1) is 17.6 Å². The number of likely N-dealkylation sites (tertiary alicyclic amines) is 1. The maximum absolute atomic E-state index is 13.7. The summed E-state index contributed by atoms with van der Waals surface area (Å²) < 4.78 is 26.7. The van der Waals surface area contributed by atoms with Crippen LogP contribution in [0.15, 0.2) is 48.5 Å². The van der Waals surface area contributed by atoms with E-state index in [1.807, 2.05) is 0 Å². The fourth-order valence-electron chi connectivity index (χ4n) is 3.76. The monoisotopic (exact) mass is 499 g/mol. The van der Waals surface area contributed by atoms with Crippen LogP contribution in [-0.4, -0.2) is 45.9 Å². The Morgan fingerprint density at radius 2 is 1.66 bits per heavy atom. The van der Waals surface area contributed by atoms with Crippen LogP contribution in [0.1, 0.15) is 44.4 Å². The summed E-state index contributed by atoms with van der Waals surface area (Å²) in [7, 11) is 0. The largest absolute Gasteiger partial charge is 0.352 e. The van der Waals surface area contributed by atoms with Crippen molar-refractivity contribution in [3.63, 3.8) is 0 Å². The van der Waals surface area contributed by atoms with Crippen molar-refractivity contribution in [2.45, 2.75) is 25.8 Å². The van der Waals surface area contributed by atoms with Gasteiger partial charge in [-0.05, 0) is 49.1 Å². The van der Waals surface area contributed by atoms with E-state index in [1.54, 1.807) is 23.1 Å². The second-order valence-electron chi connectivity index (χ2n) is 8.18. The number of halogens is 2. The number of hydrogen-bond donors (Lipinski definition) is 2. The van der Waals surface area contributed by atoms with Gasteiger partial charge in [-0.2, -0.15) is 0 Å². The molecule has 0 bridgehead atoms. The lowest BCUT2D eigenvalue weighted by atomic mass is 9.93. The fraction of sp³-hybridized carbons (Fsp3) is 0.292. The number of carbonyl (C=O) groups excluding carboxylic acids is 3. The van der Waals surface area contributed by atoms with E-state index >= 15 is 0 Å². The summed E-state index contributed by atoms with van der Waals surface area (Å²) in [5.41, 5.74) is 0.837. The maximum Gasteiger partial charge on any atom is 0.286 e. The lowest BCUT2D eigenvalue weighted by Gasteiger charge is -2.31. The highest BCUT2D eigenvalue weighted by atomic mass is 32.1. The van der Waals surface area contributed by atoms with E-state index in [-0.39, 0.29) is 40.1 Å².